The molecule has 0 saturated heterocycles. The molecule has 0 atom stereocenters. The highest BCUT2D eigenvalue weighted by atomic mass is 79.9. The predicted molar refractivity (Wildman–Crippen MR) is 66.3 cm³/mol. The Morgan fingerprint density at radius 2 is 2.13 bits per heavy atom. The van der Waals surface area contributed by atoms with E-state index in [2.05, 4.69) is 15.9 Å². The molecule has 0 aromatic heterocycles. The molecule has 0 spiro atoms. The van der Waals surface area contributed by atoms with Crippen molar-refractivity contribution in [3.63, 3.8) is 0 Å². The van der Waals surface area contributed by atoms with E-state index >= 15 is 0 Å². The van der Waals surface area contributed by atoms with Crippen LogP contribution in [0.1, 0.15) is 30.9 Å². The van der Waals surface area contributed by atoms with Gasteiger partial charge in [0.2, 0.25) is 0 Å². The van der Waals surface area contributed by atoms with E-state index in [1.54, 1.807) is 6.07 Å². The fourth-order valence-corrected chi connectivity index (χ4v) is 1.85. The standard InChI is InChI=1S/C12H15BrFN/c1-8(2)10-6-9(4-3-5-15)7-11(13)12(10)14/h3-4,6-8H,5,15H2,1-2H3/b4-3+. The minimum Gasteiger partial charge on any atom is -0.327 e. The van der Waals surface area contributed by atoms with Crippen molar-refractivity contribution in [2.24, 2.45) is 5.73 Å². The summed E-state index contributed by atoms with van der Waals surface area (Å²) in [5, 5.41) is 0. The van der Waals surface area contributed by atoms with Crippen LogP contribution < -0.4 is 5.73 Å². The van der Waals surface area contributed by atoms with Crippen molar-refractivity contribution in [3.05, 3.63) is 39.6 Å². The Labute approximate surface area is 98.3 Å². The van der Waals surface area contributed by atoms with E-state index in [1.165, 1.54) is 0 Å². The monoisotopic (exact) mass is 271 g/mol. The van der Waals surface area contributed by atoms with Crippen LogP contribution >= 0.6 is 15.9 Å². The molecule has 0 aliphatic rings. The zero-order chi connectivity index (χ0) is 11.4. The second-order valence-corrected chi connectivity index (χ2v) is 4.55. The number of rotatable bonds is 3. The summed E-state index contributed by atoms with van der Waals surface area (Å²) in [7, 11) is 0. The molecular weight excluding hydrogens is 257 g/mol. The minimum atomic E-state index is -0.171. The first-order chi connectivity index (χ1) is 7.06. The molecule has 0 heterocycles. The lowest BCUT2D eigenvalue weighted by atomic mass is 10.00. The summed E-state index contributed by atoms with van der Waals surface area (Å²) in [6.45, 7) is 4.44. The van der Waals surface area contributed by atoms with Gasteiger partial charge in [0.05, 0.1) is 4.47 Å². The van der Waals surface area contributed by atoms with Crippen molar-refractivity contribution < 1.29 is 4.39 Å². The third kappa shape index (κ3) is 3.14. The Morgan fingerprint density at radius 1 is 1.47 bits per heavy atom. The van der Waals surface area contributed by atoms with Gasteiger partial charge in [0, 0.05) is 6.54 Å². The lowest BCUT2D eigenvalue weighted by Crippen LogP contribution is -1.96. The van der Waals surface area contributed by atoms with E-state index in [0.29, 0.717) is 11.0 Å². The van der Waals surface area contributed by atoms with Crippen LogP contribution in [0.4, 0.5) is 4.39 Å². The van der Waals surface area contributed by atoms with Gasteiger partial charge in [0.25, 0.3) is 0 Å². The number of hydrogen-bond acceptors (Lipinski definition) is 1. The van der Waals surface area contributed by atoms with Crippen molar-refractivity contribution in [1.82, 2.24) is 0 Å². The number of halogens is 2. The van der Waals surface area contributed by atoms with Crippen LogP contribution in [0, 0.1) is 5.82 Å². The third-order valence-corrected chi connectivity index (χ3v) is 2.72. The van der Waals surface area contributed by atoms with Crippen molar-refractivity contribution in [2.45, 2.75) is 19.8 Å². The summed E-state index contributed by atoms with van der Waals surface area (Å²) in [5.41, 5.74) is 7.06. The molecule has 0 saturated carbocycles. The molecule has 0 radical (unpaired) electrons. The Bertz CT molecular complexity index is 372. The molecule has 0 aliphatic heterocycles. The highest BCUT2D eigenvalue weighted by Gasteiger charge is 2.10. The van der Waals surface area contributed by atoms with Crippen LogP contribution in [0.3, 0.4) is 0 Å². The molecule has 2 N–H and O–H groups in total. The SMILES string of the molecule is CC(C)c1cc(/C=C/CN)cc(Br)c1F. The van der Waals surface area contributed by atoms with Crippen molar-refractivity contribution >= 4 is 22.0 Å². The van der Waals surface area contributed by atoms with Gasteiger partial charge >= 0.3 is 0 Å². The average Bonchev–Trinajstić information content (AvgIpc) is 2.19. The number of benzene rings is 1. The van der Waals surface area contributed by atoms with Crippen molar-refractivity contribution in [3.8, 4) is 0 Å². The van der Waals surface area contributed by atoms with Gasteiger partial charge < -0.3 is 5.73 Å². The zero-order valence-electron chi connectivity index (χ0n) is 8.93. The highest BCUT2D eigenvalue weighted by molar-refractivity contribution is 9.10. The van der Waals surface area contributed by atoms with Gasteiger partial charge in [0.15, 0.2) is 0 Å². The zero-order valence-corrected chi connectivity index (χ0v) is 10.5. The largest absolute Gasteiger partial charge is 0.327 e. The van der Waals surface area contributed by atoms with Gasteiger partial charge in [0.1, 0.15) is 5.82 Å². The molecule has 3 heteroatoms. The highest BCUT2D eigenvalue weighted by Crippen LogP contribution is 2.27. The maximum absolute atomic E-state index is 13.7. The van der Waals surface area contributed by atoms with Crippen LogP contribution in [-0.2, 0) is 0 Å². The van der Waals surface area contributed by atoms with E-state index in [1.807, 2.05) is 32.1 Å². The number of nitrogens with two attached hydrogens (primary N) is 1. The van der Waals surface area contributed by atoms with Crippen LogP contribution in [0.25, 0.3) is 6.08 Å². The summed E-state index contributed by atoms with van der Waals surface area (Å²) < 4.78 is 14.2. The second-order valence-electron chi connectivity index (χ2n) is 3.70. The fourth-order valence-electron chi connectivity index (χ4n) is 1.35. The Hall–Kier alpha value is -0.670. The summed E-state index contributed by atoms with van der Waals surface area (Å²) in [5.74, 6) is 0.00225. The molecular formula is C12H15BrFN. The molecule has 0 bridgehead atoms. The Kier molecular flexibility index (Phi) is 4.48. The molecule has 82 valence electrons. The van der Waals surface area contributed by atoms with Gasteiger partial charge in [-0.25, -0.2) is 4.39 Å². The third-order valence-electron chi connectivity index (χ3n) is 2.15. The Balaban J connectivity index is 3.17. The predicted octanol–water partition coefficient (Wildman–Crippen LogP) is 3.68. The molecule has 15 heavy (non-hydrogen) atoms. The maximum atomic E-state index is 13.7. The van der Waals surface area contributed by atoms with E-state index in [9.17, 15) is 4.39 Å². The first kappa shape index (κ1) is 12.4. The van der Waals surface area contributed by atoms with Crippen molar-refractivity contribution in [2.75, 3.05) is 6.54 Å². The van der Waals surface area contributed by atoms with E-state index in [0.717, 1.165) is 11.1 Å². The first-order valence-electron chi connectivity index (χ1n) is 4.91. The lowest BCUT2D eigenvalue weighted by Gasteiger charge is -2.09. The van der Waals surface area contributed by atoms with Gasteiger partial charge in [-0.15, -0.1) is 0 Å². The molecule has 1 rings (SSSR count). The fraction of sp³-hybridized carbons (Fsp3) is 0.333. The first-order valence-corrected chi connectivity index (χ1v) is 5.71. The molecule has 1 nitrogen and oxygen atoms in total. The van der Waals surface area contributed by atoms with E-state index in [-0.39, 0.29) is 11.7 Å². The molecule has 0 fully saturated rings. The van der Waals surface area contributed by atoms with E-state index < -0.39 is 0 Å². The summed E-state index contributed by atoms with van der Waals surface area (Å²) >= 11 is 3.22. The summed E-state index contributed by atoms with van der Waals surface area (Å²) in [4.78, 5) is 0. The van der Waals surface area contributed by atoms with Gasteiger partial charge in [-0.05, 0) is 45.1 Å². The van der Waals surface area contributed by atoms with Crippen LogP contribution in [0.5, 0.6) is 0 Å². The van der Waals surface area contributed by atoms with Gasteiger partial charge in [-0.2, -0.15) is 0 Å². The number of hydrogen-bond donors (Lipinski definition) is 1. The van der Waals surface area contributed by atoms with Crippen LogP contribution in [0.15, 0.2) is 22.7 Å². The molecule has 1 aromatic rings. The van der Waals surface area contributed by atoms with E-state index in [4.69, 9.17) is 5.73 Å². The lowest BCUT2D eigenvalue weighted by molar-refractivity contribution is 0.592. The van der Waals surface area contributed by atoms with Crippen LogP contribution in [-0.4, -0.2) is 6.54 Å². The molecule has 0 aliphatic carbocycles. The average molecular weight is 272 g/mol. The van der Waals surface area contributed by atoms with Gasteiger partial charge in [-0.3, -0.25) is 0 Å². The topological polar surface area (TPSA) is 26.0 Å². The summed E-state index contributed by atoms with van der Waals surface area (Å²) in [6.07, 6.45) is 3.75. The molecule has 0 amide bonds. The quantitative estimate of drug-likeness (QED) is 0.892. The molecule has 1 aromatic carbocycles. The van der Waals surface area contributed by atoms with Crippen molar-refractivity contribution in [1.29, 1.82) is 0 Å². The summed E-state index contributed by atoms with van der Waals surface area (Å²) in [6, 6.07) is 3.62. The minimum absolute atomic E-state index is 0.171. The molecule has 0 unspecified atom stereocenters. The smallest absolute Gasteiger partial charge is 0.140 e. The Morgan fingerprint density at radius 3 is 2.67 bits per heavy atom. The maximum Gasteiger partial charge on any atom is 0.140 e. The second kappa shape index (κ2) is 5.42. The normalized spacial score (nSPS) is 11.6. The van der Waals surface area contributed by atoms with Gasteiger partial charge in [-0.1, -0.05) is 26.0 Å². The van der Waals surface area contributed by atoms with Crippen LogP contribution in [0.2, 0.25) is 0 Å².